The molecule has 1 aliphatic carbocycles. The van der Waals surface area contributed by atoms with Gasteiger partial charge in [-0.15, -0.1) is 0 Å². The van der Waals surface area contributed by atoms with E-state index in [1.54, 1.807) is 26.8 Å². The molecule has 316 valence electrons. The predicted octanol–water partition coefficient (Wildman–Crippen LogP) is 4.33. The number of amides is 1. The molecule has 13 nitrogen and oxygen atoms in total. The maximum atomic E-state index is 14.3. The monoisotopic (exact) mass is 787 g/mol. The molecule has 1 amide bonds. The first-order chi connectivity index (χ1) is 26.4. The van der Waals surface area contributed by atoms with E-state index in [1.165, 1.54) is 19.1 Å². The second-order valence-corrected chi connectivity index (χ2v) is 17.2. The Kier molecular flexibility index (Phi) is 16.4. The number of aliphatic hydroxyl groups excluding tert-OH is 2. The molecule has 2 bridgehead atoms. The van der Waals surface area contributed by atoms with Gasteiger partial charge in [-0.2, -0.15) is 0 Å². The zero-order chi connectivity index (χ0) is 41.5. The van der Waals surface area contributed by atoms with Crippen molar-refractivity contribution in [2.24, 2.45) is 35.1 Å². The molecule has 3 heterocycles. The molecule has 4 rings (SSSR count). The highest BCUT2D eigenvalue weighted by atomic mass is 16.7. The number of nitrogens with zero attached hydrogens (tertiary/aromatic N) is 1. The maximum absolute atomic E-state index is 14.3. The molecule has 1 saturated carbocycles. The van der Waals surface area contributed by atoms with Crippen molar-refractivity contribution in [2.75, 3.05) is 20.8 Å². The van der Waals surface area contributed by atoms with Crippen molar-refractivity contribution in [1.29, 1.82) is 0 Å². The third-order valence-electron chi connectivity index (χ3n) is 12.4. The van der Waals surface area contributed by atoms with Crippen LogP contribution in [0.15, 0.2) is 46.3 Å². The fourth-order valence-electron chi connectivity index (χ4n) is 9.04. The number of hydrogen-bond acceptors (Lipinski definition) is 12. The predicted molar refractivity (Wildman–Crippen MR) is 212 cm³/mol. The molecule has 7 N–H and O–H groups in total. The number of methoxy groups -OCH3 is 2. The first-order valence-corrected chi connectivity index (χ1v) is 20.6. The van der Waals surface area contributed by atoms with Crippen LogP contribution in [0, 0.1) is 23.7 Å². The van der Waals surface area contributed by atoms with Gasteiger partial charge in [-0.3, -0.25) is 9.59 Å². The number of cyclic esters (lactones) is 1. The lowest BCUT2D eigenvalue weighted by atomic mass is 9.82. The summed E-state index contributed by atoms with van der Waals surface area (Å²) >= 11 is 0. The second kappa shape index (κ2) is 20.1. The third kappa shape index (κ3) is 11.1. The van der Waals surface area contributed by atoms with E-state index < -0.39 is 71.8 Å². The van der Waals surface area contributed by atoms with E-state index in [0.29, 0.717) is 55.5 Å². The van der Waals surface area contributed by atoms with E-state index in [2.05, 4.69) is 13.0 Å². The number of carbonyl (C=O) groups excluding carboxylic acids is 3. The highest BCUT2D eigenvalue weighted by Crippen LogP contribution is 2.39. The van der Waals surface area contributed by atoms with Crippen LogP contribution >= 0.6 is 0 Å². The van der Waals surface area contributed by atoms with E-state index in [9.17, 15) is 29.7 Å². The lowest BCUT2D eigenvalue weighted by molar-refractivity contribution is -0.302. The fraction of sp³-hybridized carbons (Fsp3) is 0.744. The molecule has 3 fully saturated rings. The lowest BCUT2D eigenvalue weighted by Gasteiger charge is -2.47. The van der Waals surface area contributed by atoms with Crippen molar-refractivity contribution in [1.82, 2.24) is 4.90 Å². The Balaban J connectivity index is 1.82. The van der Waals surface area contributed by atoms with Gasteiger partial charge in [-0.25, -0.2) is 4.79 Å². The van der Waals surface area contributed by atoms with E-state index in [0.717, 1.165) is 24.0 Å². The van der Waals surface area contributed by atoms with E-state index in [1.807, 2.05) is 19.9 Å². The van der Waals surface area contributed by atoms with E-state index in [-0.39, 0.29) is 43.7 Å². The molecule has 0 unspecified atom stereocenters. The van der Waals surface area contributed by atoms with Crippen molar-refractivity contribution in [3.63, 3.8) is 0 Å². The number of piperidine rings is 1. The van der Waals surface area contributed by atoms with Crippen molar-refractivity contribution in [2.45, 2.75) is 161 Å². The van der Waals surface area contributed by atoms with Gasteiger partial charge in [0.15, 0.2) is 0 Å². The van der Waals surface area contributed by atoms with Gasteiger partial charge in [0.25, 0.3) is 11.7 Å². The minimum atomic E-state index is -2.49. The Morgan fingerprint density at radius 3 is 2.23 bits per heavy atom. The number of nitrogens with two attached hydrogens (primary N) is 2. The van der Waals surface area contributed by atoms with Gasteiger partial charge in [0.1, 0.15) is 18.2 Å². The van der Waals surface area contributed by atoms with Crippen molar-refractivity contribution >= 4 is 17.7 Å². The standard InChI is InChI=1S/C43H69N3O10/c1-24-17-25(2)19-36(53-7)39-37(54-8)21-27(4)43(52,56-39)40(49)41(50)46-16-10-9-11-34(46)42(51)55-38(26(3)20-30-12-14-32(47)15-13-30)29(6)35(48)23-33(45)31(18-24)22-28(5)44/h18,20,22,25,27,29-30,32,34-39,47-48,52H,9-17,19,21,23,44-45H2,1-8H3/b24-18+,26-20+,28-22-,33-31-/t25-,27+,29+,30?,32?,34-,35-,36-,37-,38+,39+,43+/m0/s1. The summed E-state index contributed by atoms with van der Waals surface area (Å²) in [6.07, 6.45) is 7.23. The molecule has 56 heavy (non-hydrogen) atoms. The minimum Gasteiger partial charge on any atom is -0.456 e. The number of Topliss-reactive ketones (excluding diaryl/α,β-unsaturated/α-hetero) is 1. The SMILES string of the molecule is CO[C@H]1C[C@@H](C)C/C(C)=C/C(/C=C(/C)N)=C(/N)C[C@H](O)[C@@H](C)[C@@H](/C(C)=C/C2CCC(O)CC2)OC(=O)[C@@H]2CCCCN2C(=O)C(=O)[C@]2(O)O[C@H]1[C@@H](OC)C[C@H]2C. The van der Waals surface area contributed by atoms with Crippen LogP contribution in [0.25, 0.3) is 0 Å². The van der Waals surface area contributed by atoms with Crippen molar-refractivity contribution in [3.8, 4) is 0 Å². The normalized spacial score (nSPS) is 40.6. The average Bonchev–Trinajstić information content (AvgIpc) is 3.15. The van der Waals surface area contributed by atoms with Gasteiger partial charge in [-0.05, 0) is 114 Å². The number of carbonyl (C=O) groups is 3. The first-order valence-electron chi connectivity index (χ1n) is 20.6. The Hall–Kier alpha value is -3.07. The second-order valence-electron chi connectivity index (χ2n) is 17.2. The first kappa shape index (κ1) is 45.6. The number of ether oxygens (including phenoxy) is 4. The Morgan fingerprint density at radius 1 is 0.964 bits per heavy atom. The Morgan fingerprint density at radius 2 is 1.61 bits per heavy atom. The number of allylic oxidation sites excluding steroid dienone is 6. The lowest BCUT2D eigenvalue weighted by Crippen LogP contribution is -2.64. The Bertz CT molecular complexity index is 1510. The molecule has 0 aromatic carbocycles. The van der Waals surface area contributed by atoms with Crippen LogP contribution in [0.4, 0.5) is 0 Å². The van der Waals surface area contributed by atoms with Crippen LogP contribution in [0.3, 0.4) is 0 Å². The summed E-state index contributed by atoms with van der Waals surface area (Å²) in [7, 11) is 3.08. The number of ketones is 1. The van der Waals surface area contributed by atoms with Gasteiger partial charge in [0.2, 0.25) is 5.79 Å². The van der Waals surface area contributed by atoms with Gasteiger partial charge in [0.05, 0.1) is 24.4 Å². The molecule has 0 spiro atoms. The molecule has 2 saturated heterocycles. The van der Waals surface area contributed by atoms with E-state index in [4.69, 9.17) is 30.4 Å². The average molecular weight is 788 g/mol. The van der Waals surface area contributed by atoms with Crippen molar-refractivity contribution in [3.05, 3.63) is 46.3 Å². The molecule has 0 aromatic rings. The topological polar surface area (TPSA) is 204 Å². The molecule has 0 radical (unpaired) electrons. The summed E-state index contributed by atoms with van der Waals surface area (Å²) in [5.74, 6) is -6.61. The third-order valence-corrected chi connectivity index (χ3v) is 12.4. The maximum Gasteiger partial charge on any atom is 0.329 e. The van der Waals surface area contributed by atoms with Crippen LogP contribution < -0.4 is 11.5 Å². The number of aliphatic hydroxyl groups is 3. The summed E-state index contributed by atoms with van der Waals surface area (Å²) in [6, 6.07) is -1.10. The molecule has 4 aliphatic rings. The summed E-state index contributed by atoms with van der Waals surface area (Å²) in [4.78, 5) is 43.9. The van der Waals surface area contributed by atoms with Crippen LogP contribution in [0.2, 0.25) is 0 Å². The van der Waals surface area contributed by atoms with Gasteiger partial charge in [0, 0.05) is 50.4 Å². The molecule has 10 atom stereocenters. The van der Waals surface area contributed by atoms with Gasteiger partial charge in [-0.1, -0.05) is 38.5 Å². The molecule has 13 heteroatoms. The van der Waals surface area contributed by atoms with Crippen LogP contribution in [0.1, 0.15) is 112 Å². The molecular weight excluding hydrogens is 718 g/mol. The van der Waals surface area contributed by atoms with E-state index >= 15 is 0 Å². The summed E-state index contributed by atoms with van der Waals surface area (Å²) in [5.41, 5.74) is 16.3. The van der Waals surface area contributed by atoms with Crippen molar-refractivity contribution < 1.29 is 48.7 Å². The van der Waals surface area contributed by atoms with Crippen LogP contribution in [0.5, 0.6) is 0 Å². The summed E-state index contributed by atoms with van der Waals surface area (Å²) < 4.78 is 24.3. The smallest absolute Gasteiger partial charge is 0.329 e. The molecule has 3 aliphatic heterocycles. The highest BCUT2D eigenvalue weighted by Gasteiger charge is 2.56. The summed E-state index contributed by atoms with van der Waals surface area (Å²) in [6.45, 7) is 11.3. The van der Waals surface area contributed by atoms with Crippen LogP contribution in [-0.4, -0.2) is 107 Å². The van der Waals surface area contributed by atoms with Gasteiger partial charge < -0.3 is 50.6 Å². The quantitative estimate of drug-likeness (QED) is 0.150. The molecular formula is C43H69N3O10. The number of fused-ring (bicyclic) bond motifs is 3. The number of esters is 1. The molecule has 0 aromatic heterocycles. The largest absolute Gasteiger partial charge is 0.456 e. The minimum absolute atomic E-state index is 0.0347. The Labute approximate surface area is 333 Å². The zero-order valence-corrected chi connectivity index (χ0v) is 34.9. The fourth-order valence-corrected chi connectivity index (χ4v) is 9.04. The number of hydrogen-bond donors (Lipinski definition) is 5. The van der Waals surface area contributed by atoms with Gasteiger partial charge >= 0.3 is 5.97 Å². The summed E-state index contributed by atoms with van der Waals surface area (Å²) in [5, 5.41) is 33.9. The zero-order valence-electron chi connectivity index (χ0n) is 34.9. The highest BCUT2D eigenvalue weighted by molar-refractivity contribution is 6.39. The number of rotatable bonds is 5. The van der Waals surface area contributed by atoms with Crippen LogP contribution in [-0.2, 0) is 33.3 Å².